The summed E-state index contributed by atoms with van der Waals surface area (Å²) in [6, 6.07) is 10.5. The third kappa shape index (κ3) is 11.0. The molecule has 1 aliphatic rings. The maximum absolute atomic E-state index is 9.49. The molecule has 172 valence electrons. The molecule has 0 unspecified atom stereocenters. The first-order valence-corrected chi connectivity index (χ1v) is 11.5. The van der Waals surface area contributed by atoms with Crippen molar-refractivity contribution in [1.82, 2.24) is 10.6 Å². The first-order valence-electron chi connectivity index (χ1n) is 11.5. The summed E-state index contributed by atoms with van der Waals surface area (Å²) in [5, 5.41) is 16.3. The van der Waals surface area contributed by atoms with Crippen LogP contribution in [0.15, 0.2) is 35.3 Å². The Morgan fingerprint density at radius 3 is 2.53 bits per heavy atom. The molecule has 5 nitrogen and oxygen atoms in total. The summed E-state index contributed by atoms with van der Waals surface area (Å²) < 4.78 is 5.76. The number of rotatable bonds is 13. The quantitative estimate of drug-likeness (QED) is 0.152. The molecule has 1 fully saturated rings. The van der Waals surface area contributed by atoms with Crippen LogP contribution in [-0.2, 0) is 11.2 Å². The Hall–Kier alpha value is -0.860. The molecule has 0 heterocycles. The summed E-state index contributed by atoms with van der Waals surface area (Å²) in [7, 11) is 0. The highest BCUT2D eigenvalue weighted by molar-refractivity contribution is 14.0. The third-order valence-electron chi connectivity index (χ3n) is 5.86. The van der Waals surface area contributed by atoms with Gasteiger partial charge in [0.25, 0.3) is 0 Å². The fraction of sp³-hybridized carbons (Fsp3) is 0.708. The van der Waals surface area contributed by atoms with Crippen LogP contribution < -0.4 is 10.6 Å². The summed E-state index contributed by atoms with van der Waals surface area (Å²) in [4.78, 5) is 4.86. The Bertz CT molecular complexity index is 557. The first-order chi connectivity index (χ1) is 14.3. The lowest BCUT2D eigenvalue weighted by molar-refractivity contribution is 0.133. The minimum atomic E-state index is 0. The highest BCUT2D eigenvalue weighted by Crippen LogP contribution is 2.39. The van der Waals surface area contributed by atoms with Crippen LogP contribution in [0, 0.1) is 5.41 Å². The molecule has 0 atom stereocenters. The van der Waals surface area contributed by atoms with E-state index in [1.807, 2.05) is 6.07 Å². The van der Waals surface area contributed by atoms with E-state index in [0.717, 1.165) is 64.5 Å². The first kappa shape index (κ1) is 27.2. The van der Waals surface area contributed by atoms with Gasteiger partial charge in [0.1, 0.15) is 0 Å². The van der Waals surface area contributed by atoms with Crippen LogP contribution in [0.25, 0.3) is 0 Å². The summed E-state index contributed by atoms with van der Waals surface area (Å²) in [5.41, 5.74) is 1.53. The van der Waals surface area contributed by atoms with Crippen LogP contribution in [0.2, 0.25) is 0 Å². The second-order valence-corrected chi connectivity index (χ2v) is 8.21. The normalized spacial score (nSPS) is 16.0. The molecular formula is C24H42IN3O2. The number of nitrogens with one attached hydrogen (secondary N) is 2. The molecule has 0 spiro atoms. The monoisotopic (exact) mass is 531 g/mol. The molecule has 0 bridgehead atoms. The summed E-state index contributed by atoms with van der Waals surface area (Å²) >= 11 is 0. The van der Waals surface area contributed by atoms with Crippen molar-refractivity contribution in [3.05, 3.63) is 35.9 Å². The van der Waals surface area contributed by atoms with E-state index in [0.29, 0.717) is 0 Å². The van der Waals surface area contributed by atoms with Crippen molar-refractivity contribution in [2.45, 2.75) is 64.7 Å². The van der Waals surface area contributed by atoms with Gasteiger partial charge in [0.15, 0.2) is 5.96 Å². The molecule has 0 aliphatic heterocycles. The molecule has 0 aromatic heterocycles. The zero-order valence-corrected chi connectivity index (χ0v) is 21.0. The van der Waals surface area contributed by atoms with Crippen molar-refractivity contribution in [3.63, 3.8) is 0 Å². The second kappa shape index (κ2) is 16.8. The van der Waals surface area contributed by atoms with E-state index >= 15 is 0 Å². The minimum Gasteiger partial charge on any atom is -0.396 e. The van der Waals surface area contributed by atoms with Crippen LogP contribution in [-0.4, -0.2) is 50.5 Å². The van der Waals surface area contributed by atoms with Crippen molar-refractivity contribution in [2.75, 3.05) is 39.5 Å². The summed E-state index contributed by atoms with van der Waals surface area (Å²) in [5.74, 6) is 0.903. The number of unbranched alkanes of at least 4 members (excludes halogenated alkanes) is 1. The molecule has 0 radical (unpaired) electrons. The zero-order chi connectivity index (χ0) is 20.6. The van der Waals surface area contributed by atoms with E-state index in [-0.39, 0.29) is 36.0 Å². The van der Waals surface area contributed by atoms with Gasteiger partial charge in [-0.15, -0.1) is 24.0 Å². The lowest BCUT2D eigenvalue weighted by atomic mass is 9.72. The maximum Gasteiger partial charge on any atom is 0.191 e. The molecule has 2 rings (SSSR count). The number of nitrogens with zero attached hydrogens (tertiary/aromatic N) is 1. The van der Waals surface area contributed by atoms with Gasteiger partial charge in [0, 0.05) is 32.8 Å². The Kier molecular flexibility index (Phi) is 15.2. The lowest BCUT2D eigenvalue weighted by Gasteiger charge is -2.35. The number of aliphatic hydroxyl groups is 1. The Labute approximate surface area is 200 Å². The number of ether oxygens (including phenoxy) is 1. The summed E-state index contributed by atoms with van der Waals surface area (Å²) in [6.07, 6.45) is 10.2. The van der Waals surface area contributed by atoms with Gasteiger partial charge in [-0.1, -0.05) is 49.6 Å². The Morgan fingerprint density at radius 1 is 1.07 bits per heavy atom. The van der Waals surface area contributed by atoms with Gasteiger partial charge in [-0.2, -0.15) is 0 Å². The molecule has 0 amide bonds. The topological polar surface area (TPSA) is 65.9 Å². The molecule has 6 heteroatoms. The van der Waals surface area contributed by atoms with E-state index in [1.54, 1.807) is 0 Å². The van der Waals surface area contributed by atoms with Crippen LogP contribution in [0.4, 0.5) is 0 Å². The van der Waals surface area contributed by atoms with E-state index in [1.165, 1.54) is 37.7 Å². The number of hydrogen-bond acceptors (Lipinski definition) is 3. The molecule has 30 heavy (non-hydrogen) atoms. The van der Waals surface area contributed by atoms with Crippen LogP contribution in [0.3, 0.4) is 0 Å². The van der Waals surface area contributed by atoms with E-state index < -0.39 is 0 Å². The lowest BCUT2D eigenvalue weighted by Crippen LogP contribution is -2.39. The SMILES string of the molecule is CCNC(=NCC1(CCO)CCCCC1)NCCCCOCCc1ccccc1.I. The third-order valence-corrected chi connectivity index (χ3v) is 5.86. The van der Waals surface area contributed by atoms with Crippen molar-refractivity contribution in [2.24, 2.45) is 10.4 Å². The van der Waals surface area contributed by atoms with E-state index in [9.17, 15) is 5.11 Å². The van der Waals surface area contributed by atoms with Crippen molar-refractivity contribution >= 4 is 29.9 Å². The van der Waals surface area contributed by atoms with Crippen LogP contribution in [0.1, 0.15) is 63.9 Å². The Morgan fingerprint density at radius 2 is 1.83 bits per heavy atom. The average molecular weight is 532 g/mol. The van der Waals surface area contributed by atoms with Crippen molar-refractivity contribution in [3.8, 4) is 0 Å². The molecule has 3 N–H and O–H groups in total. The number of aliphatic imine (C=N–C) groups is 1. The number of aliphatic hydroxyl groups excluding tert-OH is 1. The Balaban J connectivity index is 0.00000450. The fourth-order valence-corrected chi connectivity index (χ4v) is 4.09. The van der Waals surface area contributed by atoms with Gasteiger partial charge < -0.3 is 20.5 Å². The number of guanidine groups is 1. The average Bonchev–Trinajstić information content (AvgIpc) is 2.75. The molecule has 0 saturated heterocycles. The van der Waals surface area contributed by atoms with Crippen molar-refractivity contribution in [1.29, 1.82) is 0 Å². The largest absolute Gasteiger partial charge is 0.396 e. The van der Waals surface area contributed by atoms with E-state index in [2.05, 4.69) is 41.8 Å². The van der Waals surface area contributed by atoms with Crippen LogP contribution >= 0.6 is 24.0 Å². The molecule has 1 aromatic rings. The second-order valence-electron chi connectivity index (χ2n) is 8.21. The molecule has 1 saturated carbocycles. The molecule has 1 aromatic carbocycles. The highest BCUT2D eigenvalue weighted by Gasteiger charge is 2.31. The van der Waals surface area contributed by atoms with Gasteiger partial charge >= 0.3 is 0 Å². The maximum atomic E-state index is 9.49. The van der Waals surface area contributed by atoms with Gasteiger partial charge in [-0.25, -0.2) is 0 Å². The minimum absolute atomic E-state index is 0. The van der Waals surface area contributed by atoms with Crippen LogP contribution in [0.5, 0.6) is 0 Å². The zero-order valence-electron chi connectivity index (χ0n) is 18.7. The highest BCUT2D eigenvalue weighted by atomic mass is 127. The van der Waals surface area contributed by atoms with Crippen molar-refractivity contribution < 1.29 is 9.84 Å². The van der Waals surface area contributed by atoms with Gasteiger partial charge in [-0.3, -0.25) is 4.99 Å². The number of benzene rings is 1. The molecular weight excluding hydrogens is 489 g/mol. The van der Waals surface area contributed by atoms with Gasteiger partial charge in [0.2, 0.25) is 0 Å². The smallest absolute Gasteiger partial charge is 0.191 e. The number of hydrogen-bond donors (Lipinski definition) is 3. The predicted molar refractivity (Wildman–Crippen MR) is 137 cm³/mol. The summed E-state index contributed by atoms with van der Waals surface area (Å²) in [6.45, 7) is 6.54. The fourth-order valence-electron chi connectivity index (χ4n) is 4.09. The van der Waals surface area contributed by atoms with Gasteiger partial charge in [-0.05, 0) is 56.4 Å². The van der Waals surface area contributed by atoms with E-state index in [4.69, 9.17) is 9.73 Å². The standard InChI is InChI=1S/C24H41N3O2.HI/c1-2-25-23(27-21-24(16-18-28)14-7-4-8-15-24)26-17-9-10-19-29-20-13-22-11-5-3-6-12-22;/h3,5-6,11-12,28H,2,4,7-10,13-21H2,1H3,(H2,25,26,27);1H. The number of halogens is 1. The predicted octanol–water partition coefficient (Wildman–Crippen LogP) is 4.53. The van der Waals surface area contributed by atoms with Gasteiger partial charge in [0.05, 0.1) is 6.61 Å². The molecule has 1 aliphatic carbocycles.